The lowest BCUT2D eigenvalue weighted by Crippen LogP contribution is -2.55. The minimum Gasteiger partial charge on any atom is -0.480 e. The number of nitrogens with zero attached hydrogens (tertiary/aromatic N) is 2. The molecular weight excluding hydrogens is 156 g/mol. The fourth-order valence-electron chi connectivity index (χ4n) is 2.44. The molecule has 2 bridgehead atoms. The molecule has 4 heteroatoms. The quantitative estimate of drug-likeness (QED) is 0.574. The van der Waals surface area contributed by atoms with Crippen molar-refractivity contribution < 1.29 is 9.90 Å². The number of carbonyl (C=O) groups is 1. The van der Waals surface area contributed by atoms with Crippen LogP contribution in [0.4, 0.5) is 0 Å². The fourth-order valence-corrected chi connectivity index (χ4v) is 2.44. The van der Waals surface area contributed by atoms with E-state index in [-0.39, 0.29) is 0 Å². The van der Waals surface area contributed by atoms with Crippen LogP contribution in [0.5, 0.6) is 0 Å². The number of likely N-dealkylation sites (N-methyl/N-ethyl adjacent to an activating group) is 2. The highest BCUT2D eigenvalue weighted by Gasteiger charge is 2.56. The van der Waals surface area contributed by atoms with Gasteiger partial charge in [-0.15, -0.1) is 0 Å². The second-order valence-electron chi connectivity index (χ2n) is 3.99. The summed E-state index contributed by atoms with van der Waals surface area (Å²) in [7, 11) is 3.91. The van der Waals surface area contributed by atoms with Gasteiger partial charge in [-0.1, -0.05) is 0 Å². The van der Waals surface area contributed by atoms with Crippen molar-refractivity contribution in [2.24, 2.45) is 0 Å². The van der Waals surface area contributed by atoms with Crippen molar-refractivity contribution in [3.63, 3.8) is 0 Å². The van der Waals surface area contributed by atoms with E-state index in [0.29, 0.717) is 12.6 Å². The molecule has 0 amide bonds. The zero-order valence-corrected chi connectivity index (χ0v) is 7.45. The van der Waals surface area contributed by atoms with E-state index in [1.807, 2.05) is 19.0 Å². The van der Waals surface area contributed by atoms with E-state index >= 15 is 0 Å². The van der Waals surface area contributed by atoms with Crippen molar-refractivity contribution in [1.82, 2.24) is 9.80 Å². The first kappa shape index (κ1) is 8.01. The van der Waals surface area contributed by atoms with Gasteiger partial charge in [0, 0.05) is 19.1 Å². The van der Waals surface area contributed by atoms with E-state index in [1.54, 1.807) is 0 Å². The van der Waals surface area contributed by atoms with Crippen molar-refractivity contribution in [3.8, 4) is 0 Å². The molecule has 0 aromatic rings. The van der Waals surface area contributed by atoms with Crippen LogP contribution in [-0.2, 0) is 4.79 Å². The highest BCUT2D eigenvalue weighted by atomic mass is 16.4. The predicted molar refractivity (Wildman–Crippen MR) is 44.0 cm³/mol. The molecule has 2 aliphatic heterocycles. The first-order chi connectivity index (χ1) is 5.56. The minimum atomic E-state index is -0.670. The van der Waals surface area contributed by atoms with Crippen LogP contribution < -0.4 is 0 Å². The SMILES string of the molecule is CN1CC2(C(=O)O)CC1CN2C. The molecule has 12 heavy (non-hydrogen) atoms. The maximum Gasteiger partial charge on any atom is 0.325 e. The van der Waals surface area contributed by atoms with Gasteiger partial charge in [0.2, 0.25) is 0 Å². The summed E-state index contributed by atoms with van der Waals surface area (Å²) in [6, 6.07) is 0.450. The van der Waals surface area contributed by atoms with Crippen LogP contribution >= 0.6 is 0 Å². The van der Waals surface area contributed by atoms with Gasteiger partial charge >= 0.3 is 5.97 Å². The van der Waals surface area contributed by atoms with Crippen LogP contribution in [0.15, 0.2) is 0 Å². The molecule has 0 aromatic heterocycles. The largest absolute Gasteiger partial charge is 0.480 e. The maximum atomic E-state index is 11.1. The van der Waals surface area contributed by atoms with Gasteiger partial charge in [-0.05, 0) is 20.5 Å². The van der Waals surface area contributed by atoms with Crippen molar-refractivity contribution in [3.05, 3.63) is 0 Å². The number of hydrogen-bond acceptors (Lipinski definition) is 3. The van der Waals surface area contributed by atoms with Gasteiger partial charge in [0.15, 0.2) is 0 Å². The average Bonchev–Trinajstić information content (AvgIpc) is 2.43. The zero-order valence-electron chi connectivity index (χ0n) is 7.45. The molecule has 2 unspecified atom stereocenters. The van der Waals surface area contributed by atoms with Crippen LogP contribution in [0.25, 0.3) is 0 Å². The highest BCUT2D eigenvalue weighted by Crippen LogP contribution is 2.37. The van der Waals surface area contributed by atoms with Crippen LogP contribution in [0.2, 0.25) is 0 Å². The first-order valence-electron chi connectivity index (χ1n) is 4.21. The van der Waals surface area contributed by atoms with Gasteiger partial charge in [0.05, 0.1) is 0 Å². The van der Waals surface area contributed by atoms with Crippen LogP contribution in [0, 0.1) is 0 Å². The smallest absolute Gasteiger partial charge is 0.325 e. The molecule has 0 radical (unpaired) electrons. The first-order valence-corrected chi connectivity index (χ1v) is 4.21. The van der Waals surface area contributed by atoms with E-state index in [9.17, 15) is 4.79 Å². The Hall–Kier alpha value is -0.610. The average molecular weight is 170 g/mol. The number of fused-ring (bicyclic) bond motifs is 2. The molecule has 4 nitrogen and oxygen atoms in total. The summed E-state index contributed by atoms with van der Waals surface area (Å²) >= 11 is 0. The maximum absolute atomic E-state index is 11.1. The topological polar surface area (TPSA) is 43.8 Å². The van der Waals surface area contributed by atoms with Crippen LogP contribution in [-0.4, -0.2) is 59.6 Å². The van der Waals surface area contributed by atoms with Crippen molar-refractivity contribution in [2.45, 2.75) is 18.0 Å². The Balaban J connectivity index is 2.30. The highest BCUT2D eigenvalue weighted by molar-refractivity contribution is 5.80. The fraction of sp³-hybridized carbons (Fsp3) is 0.875. The van der Waals surface area contributed by atoms with Gasteiger partial charge in [0.1, 0.15) is 5.54 Å². The number of rotatable bonds is 1. The third-order valence-electron chi connectivity index (χ3n) is 3.32. The molecule has 2 atom stereocenters. The van der Waals surface area contributed by atoms with Crippen LogP contribution in [0.1, 0.15) is 6.42 Å². The Bertz CT molecular complexity index is 227. The Labute approximate surface area is 71.8 Å². The van der Waals surface area contributed by atoms with Crippen molar-refractivity contribution >= 4 is 5.97 Å². The monoisotopic (exact) mass is 170 g/mol. The molecule has 0 aromatic carbocycles. The van der Waals surface area contributed by atoms with E-state index < -0.39 is 11.5 Å². The normalized spacial score (nSPS) is 42.3. The van der Waals surface area contributed by atoms with E-state index in [0.717, 1.165) is 13.0 Å². The van der Waals surface area contributed by atoms with E-state index in [2.05, 4.69) is 4.90 Å². The second kappa shape index (κ2) is 2.20. The third kappa shape index (κ3) is 0.765. The molecule has 2 rings (SSSR count). The molecule has 0 aliphatic carbocycles. The predicted octanol–water partition coefficient (Wildman–Crippen LogP) is -0.541. The number of carboxylic acids is 1. The summed E-state index contributed by atoms with van der Waals surface area (Å²) < 4.78 is 0. The molecule has 0 spiro atoms. The number of piperazine rings is 1. The Morgan fingerprint density at radius 3 is 2.58 bits per heavy atom. The van der Waals surface area contributed by atoms with Crippen LogP contribution in [0.3, 0.4) is 0 Å². The van der Waals surface area contributed by atoms with Gasteiger partial charge in [-0.25, -0.2) is 0 Å². The lowest BCUT2D eigenvalue weighted by molar-refractivity contribution is -0.149. The molecule has 0 saturated carbocycles. The van der Waals surface area contributed by atoms with E-state index in [4.69, 9.17) is 5.11 Å². The number of carboxylic acid groups (broad SMARTS) is 1. The molecule has 2 saturated heterocycles. The summed E-state index contributed by atoms with van der Waals surface area (Å²) in [5.41, 5.74) is -0.584. The van der Waals surface area contributed by atoms with Gasteiger partial charge < -0.3 is 5.11 Å². The summed E-state index contributed by atoms with van der Waals surface area (Å²) in [6.07, 6.45) is 0.787. The van der Waals surface area contributed by atoms with Gasteiger partial charge in [0.25, 0.3) is 0 Å². The molecule has 2 aliphatic rings. The lowest BCUT2D eigenvalue weighted by Gasteiger charge is -2.35. The molecule has 2 heterocycles. The summed E-state index contributed by atoms with van der Waals surface area (Å²) in [5.74, 6) is -0.670. The van der Waals surface area contributed by atoms with Gasteiger partial charge in [-0.3, -0.25) is 14.6 Å². The summed E-state index contributed by atoms with van der Waals surface area (Å²) in [6.45, 7) is 1.56. The Morgan fingerprint density at radius 2 is 2.25 bits per heavy atom. The Morgan fingerprint density at radius 1 is 1.58 bits per heavy atom. The van der Waals surface area contributed by atoms with Crippen molar-refractivity contribution in [1.29, 1.82) is 0 Å². The lowest BCUT2D eigenvalue weighted by atomic mass is 10.00. The summed E-state index contributed by atoms with van der Waals surface area (Å²) in [4.78, 5) is 15.2. The Kier molecular flexibility index (Phi) is 1.47. The number of hydrogen-bond donors (Lipinski definition) is 1. The zero-order chi connectivity index (χ0) is 8.93. The molecule has 68 valence electrons. The minimum absolute atomic E-state index is 0.450. The van der Waals surface area contributed by atoms with Gasteiger partial charge in [-0.2, -0.15) is 0 Å². The molecular formula is C8H14N2O2. The molecule has 1 N–H and O–H groups in total. The van der Waals surface area contributed by atoms with Crippen molar-refractivity contribution in [2.75, 3.05) is 27.2 Å². The van der Waals surface area contributed by atoms with E-state index in [1.165, 1.54) is 0 Å². The third-order valence-corrected chi connectivity index (χ3v) is 3.32. The summed E-state index contributed by atoms with van der Waals surface area (Å²) in [5, 5.41) is 9.11. The standard InChI is InChI=1S/C8H14N2O2/c1-9-5-8(7(11)12)3-6(9)4-10(8)2/h6H,3-5H2,1-2H3,(H,11,12). The second-order valence-corrected chi connectivity index (χ2v) is 3.99. The number of likely N-dealkylation sites (tertiary alicyclic amines) is 2. The molecule has 2 fully saturated rings. The number of aliphatic carboxylic acids is 1.